The summed E-state index contributed by atoms with van der Waals surface area (Å²) in [5.41, 5.74) is 0.854. The van der Waals surface area contributed by atoms with E-state index in [1.165, 1.54) is 18.6 Å². The van der Waals surface area contributed by atoms with Crippen molar-refractivity contribution in [1.29, 1.82) is 5.26 Å². The average Bonchev–Trinajstić information content (AvgIpc) is 2.47. The maximum Gasteiger partial charge on any atom is 0.275 e. The Labute approximate surface area is 109 Å². The molecule has 1 heterocycles. The zero-order valence-electron chi connectivity index (χ0n) is 9.91. The van der Waals surface area contributed by atoms with Crippen molar-refractivity contribution in [3.8, 4) is 11.8 Å². The van der Waals surface area contributed by atoms with E-state index in [1.54, 1.807) is 24.3 Å². The van der Waals surface area contributed by atoms with Crippen LogP contribution in [0.1, 0.15) is 10.5 Å². The van der Waals surface area contributed by atoms with Crippen LogP contribution in [0.15, 0.2) is 42.9 Å². The molecule has 1 amide bonds. The lowest BCUT2D eigenvalue weighted by atomic mass is 10.3. The van der Waals surface area contributed by atoms with Gasteiger partial charge in [-0.25, -0.2) is 4.98 Å². The molecule has 0 aliphatic heterocycles. The number of ether oxygens (including phenoxy) is 1. The lowest BCUT2D eigenvalue weighted by Crippen LogP contribution is -2.13. The molecule has 0 saturated carbocycles. The summed E-state index contributed by atoms with van der Waals surface area (Å²) in [6.07, 6.45) is 4.34. The minimum Gasteiger partial charge on any atom is -0.479 e. The summed E-state index contributed by atoms with van der Waals surface area (Å²) in [7, 11) is 0. The first-order valence-electron chi connectivity index (χ1n) is 5.47. The molecule has 0 bridgehead atoms. The highest BCUT2D eigenvalue weighted by molar-refractivity contribution is 6.02. The first-order chi connectivity index (χ1) is 9.29. The largest absolute Gasteiger partial charge is 0.479 e. The molecule has 0 spiro atoms. The van der Waals surface area contributed by atoms with Crippen molar-refractivity contribution >= 4 is 11.6 Å². The van der Waals surface area contributed by atoms with E-state index in [0.29, 0.717) is 11.4 Å². The molecule has 1 aromatic carbocycles. The number of carbonyl (C=O) groups is 1. The van der Waals surface area contributed by atoms with Gasteiger partial charge >= 0.3 is 0 Å². The van der Waals surface area contributed by atoms with Crippen LogP contribution in [0.25, 0.3) is 0 Å². The molecule has 0 unspecified atom stereocenters. The van der Waals surface area contributed by atoms with E-state index in [1.807, 2.05) is 6.07 Å². The Morgan fingerprint density at radius 3 is 2.74 bits per heavy atom. The fourth-order valence-corrected chi connectivity index (χ4v) is 1.36. The maximum absolute atomic E-state index is 11.8. The van der Waals surface area contributed by atoms with Crippen molar-refractivity contribution in [3.63, 3.8) is 0 Å². The van der Waals surface area contributed by atoms with Crippen LogP contribution in [0.5, 0.6) is 5.75 Å². The number of anilines is 1. The number of benzene rings is 1. The molecule has 0 aliphatic carbocycles. The Bertz CT molecular complexity index is 590. The van der Waals surface area contributed by atoms with Crippen molar-refractivity contribution in [3.05, 3.63) is 48.5 Å². The van der Waals surface area contributed by atoms with Gasteiger partial charge < -0.3 is 10.1 Å². The zero-order valence-corrected chi connectivity index (χ0v) is 9.91. The first-order valence-corrected chi connectivity index (χ1v) is 5.47. The number of nitrogens with one attached hydrogen (secondary N) is 1. The maximum atomic E-state index is 11.8. The van der Waals surface area contributed by atoms with Gasteiger partial charge in [-0.1, -0.05) is 0 Å². The second-order valence-corrected chi connectivity index (χ2v) is 3.52. The van der Waals surface area contributed by atoms with E-state index >= 15 is 0 Å². The van der Waals surface area contributed by atoms with Crippen molar-refractivity contribution in [2.24, 2.45) is 0 Å². The Morgan fingerprint density at radius 2 is 2.11 bits per heavy atom. The van der Waals surface area contributed by atoms with E-state index in [-0.39, 0.29) is 18.2 Å². The first kappa shape index (κ1) is 12.5. The number of hydrogen-bond acceptors (Lipinski definition) is 5. The molecule has 0 radical (unpaired) electrons. The van der Waals surface area contributed by atoms with Crippen molar-refractivity contribution in [2.45, 2.75) is 0 Å². The summed E-state index contributed by atoms with van der Waals surface area (Å²) in [5.74, 6) is 0.234. The highest BCUT2D eigenvalue weighted by Gasteiger charge is 2.07. The second kappa shape index (κ2) is 6.12. The third kappa shape index (κ3) is 3.51. The fraction of sp³-hybridized carbons (Fsp3) is 0.0769. The monoisotopic (exact) mass is 254 g/mol. The third-order valence-electron chi connectivity index (χ3n) is 2.21. The standard InChI is InChI=1S/C13H10N4O2/c14-5-8-19-11-3-1-10(2-4-11)17-13(18)12-9-15-6-7-16-12/h1-4,6-7,9H,8H2,(H,17,18). The van der Waals surface area contributed by atoms with Gasteiger partial charge in [-0.3, -0.25) is 9.78 Å². The topological polar surface area (TPSA) is 87.9 Å². The zero-order chi connectivity index (χ0) is 13.5. The van der Waals surface area contributed by atoms with E-state index in [2.05, 4.69) is 15.3 Å². The van der Waals surface area contributed by atoms with Gasteiger partial charge in [0.1, 0.15) is 17.5 Å². The van der Waals surface area contributed by atoms with Gasteiger partial charge in [0.2, 0.25) is 0 Å². The fourth-order valence-electron chi connectivity index (χ4n) is 1.36. The number of carbonyl (C=O) groups excluding carboxylic acids is 1. The summed E-state index contributed by atoms with van der Waals surface area (Å²) in [6, 6.07) is 8.58. The molecule has 0 aliphatic rings. The van der Waals surface area contributed by atoms with Gasteiger partial charge in [-0.05, 0) is 24.3 Å². The van der Waals surface area contributed by atoms with E-state index < -0.39 is 0 Å². The summed E-state index contributed by atoms with van der Waals surface area (Å²) in [6.45, 7) is -0.00862. The van der Waals surface area contributed by atoms with Crippen LogP contribution in [0, 0.1) is 11.3 Å². The lowest BCUT2D eigenvalue weighted by molar-refractivity contribution is 0.102. The van der Waals surface area contributed by atoms with Gasteiger partial charge in [-0.15, -0.1) is 0 Å². The van der Waals surface area contributed by atoms with E-state index in [0.717, 1.165) is 0 Å². The second-order valence-electron chi connectivity index (χ2n) is 3.52. The lowest BCUT2D eigenvalue weighted by Gasteiger charge is -2.05. The summed E-state index contributed by atoms with van der Waals surface area (Å²) >= 11 is 0. The molecule has 6 nitrogen and oxygen atoms in total. The predicted octanol–water partition coefficient (Wildman–Crippen LogP) is 1.63. The van der Waals surface area contributed by atoms with Crippen LogP contribution in [-0.2, 0) is 0 Å². The van der Waals surface area contributed by atoms with Crippen LogP contribution in [0.4, 0.5) is 5.69 Å². The highest BCUT2D eigenvalue weighted by atomic mass is 16.5. The molecule has 94 valence electrons. The summed E-state index contributed by atoms with van der Waals surface area (Å²) in [5, 5.41) is 11.1. The molecule has 2 rings (SSSR count). The van der Waals surface area contributed by atoms with E-state index in [9.17, 15) is 4.79 Å². The minimum absolute atomic E-state index is 0.00862. The average molecular weight is 254 g/mol. The van der Waals surface area contributed by atoms with Crippen LogP contribution in [0.3, 0.4) is 0 Å². The molecule has 1 N–H and O–H groups in total. The van der Waals surface area contributed by atoms with Gasteiger partial charge in [-0.2, -0.15) is 5.26 Å². The van der Waals surface area contributed by atoms with Crippen LogP contribution < -0.4 is 10.1 Å². The number of nitriles is 1. The minimum atomic E-state index is -0.334. The normalized spacial score (nSPS) is 9.42. The molecule has 2 aromatic rings. The molecular weight excluding hydrogens is 244 g/mol. The number of rotatable bonds is 4. The summed E-state index contributed by atoms with van der Waals surface area (Å²) < 4.78 is 5.10. The smallest absolute Gasteiger partial charge is 0.275 e. The van der Waals surface area contributed by atoms with Gasteiger partial charge in [0, 0.05) is 18.1 Å². The quantitative estimate of drug-likeness (QED) is 0.895. The number of nitrogens with zero attached hydrogens (tertiary/aromatic N) is 3. The number of amides is 1. The number of hydrogen-bond donors (Lipinski definition) is 1. The van der Waals surface area contributed by atoms with Crippen LogP contribution in [0.2, 0.25) is 0 Å². The van der Waals surface area contributed by atoms with Crippen LogP contribution >= 0.6 is 0 Å². The predicted molar refractivity (Wildman–Crippen MR) is 67.5 cm³/mol. The molecule has 0 saturated heterocycles. The SMILES string of the molecule is N#CCOc1ccc(NC(=O)c2cnccn2)cc1. The molecule has 6 heteroatoms. The molecule has 0 fully saturated rings. The molecule has 0 atom stereocenters. The molecular formula is C13H10N4O2. The van der Waals surface area contributed by atoms with Crippen molar-refractivity contribution < 1.29 is 9.53 Å². The van der Waals surface area contributed by atoms with Crippen LogP contribution in [-0.4, -0.2) is 22.5 Å². The highest BCUT2D eigenvalue weighted by Crippen LogP contribution is 2.15. The molecule has 19 heavy (non-hydrogen) atoms. The number of aromatic nitrogens is 2. The Kier molecular flexibility index (Phi) is 4.03. The Hall–Kier alpha value is -2.94. The van der Waals surface area contributed by atoms with Gasteiger partial charge in [0.05, 0.1) is 6.20 Å². The van der Waals surface area contributed by atoms with Gasteiger partial charge in [0.25, 0.3) is 5.91 Å². The summed E-state index contributed by atoms with van der Waals surface area (Å²) in [4.78, 5) is 19.5. The Balaban J connectivity index is 2.00. The van der Waals surface area contributed by atoms with E-state index in [4.69, 9.17) is 10.00 Å². The van der Waals surface area contributed by atoms with Gasteiger partial charge in [0.15, 0.2) is 6.61 Å². The van der Waals surface area contributed by atoms with Crippen molar-refractivity contribution in [2.75, 3.05) is 11.9 Å². The van der Waals surface area contributed by atoms with Crippen molar-refractivity contribution in [1.82, 2.24) is 9.97 Å². The Morgan fingerprint density at radius 1 is 1.32 bits per heavy atom. The molecule has 1 aromatic heterocycles. The third-order valence-corrected chi connectivity index (χ3v) is 2.21.